The molecule has 4 nitrogen and oxygen atoms in total. The lowest BCUT2D eigenvalue weighted by Crippen LogP contribution is -2.19. The van der Waals surface area contributed by atoms with E-state index >= 15 is 0 Å². The van der Waals surface area contributed by atoms with Crippen molar-refractivity contribution in [3.8, 4) is 11.8 Å². The van der Waals surface area contributed by atoms with Crippen LogP contribution in [0.5, 0.6) is 5.75 Å². The molecule has 19 heavy (non-hydrogen) atoms. The Morgan fingerprint density at radius 2 is 2.26 bits per heavy atom. The average molecular weight is 260 g/mol. The summed E-state index contributed by atoms with van der Waals surface area (Å²) in [5.41, 5.74) is 1.62. The van der Waals surface area contributed by atoms with E-state index in [1.165, 1.54) is 0 Å². The van der Waals surface area contributed by atoms with Crippen LogP contribution in [0.3, 0.4) is 0 Å². The molecule has 0 saturated carbocycles. The van der Waals surface area contributed by atoms with Gasteiger partial charge in [-0.25, -0.2) is 0 Å². The number of nitrogens with zero attached hydrogens (tertiary/aromatic N) is 1. The first-order valence-electron chi connectivity index (χ1n) is 6.28. The number of benzene rings is 1. The third-order valence-electron chi connectivity index (χ3n) is 2.60. The van der Waals surface area contributed by atoms with E-state index in [0.717, 1.165) is 18.5 Å². The third kappa shape index (κ3) is 5.56. The van der Waals surface area contributed by atoms with Gasteiger partial charge in [-0.15, -0.1) is 6.58 Å². The lowest BCUT2D eigenvalue weighted by atomic mass is 10.1. The molecule has 0 heterocycles. The Morgan fingerprint density at radius 3 is 2.95 bits per heavy atom. The predicted octanol–water partition coefficient (Wildman–Crippen LogP) is 2.25. The quantitative estimate of drug-likeness (QED) is 0.546. The minimum absolute atomic E-state index is 0.559. The Morgan fingerprint density at radius 1 is 1.42 bits per heavy atom. The van der Waals surface area contributed by atoms with E-state index < -0.39 is 0 Å². The largest absolute Gasteiger partial charge is 0.495 e. The maximum atomic E-state index is 8.99. The van der Waals surface area contributed by atoms with Gasteiger partial charge in [-0.1, -0.05) is 12.1 Å². The second-order valence-corrected chi connectivity index (χ2v) is 4.01. The number of rotatable bonds is 9. The van der Waals surface area contributed by atoms with E-state index in [9.17, 15) is 0 Å². The Balaban J connectivity index is 2.30. The Labute approximate surface area is 114 Å². The molecule has 0 unspecified atom stereocenters. The van der Waals surface area contributed by atoms with E-state index in [1.807, 2.05) is 24.3 Å². The maximum Gasteiger partial charge on any atom is 0.136 e. The molecule has 4 heteroatoms. The summed E-state index contributed by atoms with van der Waals surface area (Å²) in [5.74, 6) is 0.610. The summed E-state index contributed by atoms with van der Waals surface area (Å²) >= 11 is 0. The van der Waals surface area contributed by atoms with Crippen molar-refractivity contribution in [1.29, 1.82) is 5.26 Å². The van der Waals surface area contributed by atoms with Crippen LogP contribution in [-0.2, 0) is 11.3 Å². The highest BCUT2D eigenvalue weighted by molar-refractivity contribution is 5.45. The van der Waals surface area contributed by atoms with Gasteiger partial charge in [-0.05, 0) is 24.1 Å². The second-order valence-electron chi connectivity index (χ2n) is 4.01. The molecule has 0 aliphatic carbocycles. The van der Waals surface area contributed by atoms with E-state index in [0.29, 0.717) is 31.1 Å². The van der Waals surface area contributed by atoms with Crippen LogP contribution in [0.15, 0.2) is 30.9 Å². The van der Waals surface area contributed by atoms with E-state index in [2.05, 4.69) is 18.0 Å². The first-order valence-corrected chi connectivity index (χ1v) is 6.28. The third-order valence-corrected chi connectivity index (χ3v) is 2.60. The highest BCUT2D eigenvalue weighted by atomic mass is 16.5. The van der Waals surface area contributed by atoms with Gasteiger partial charge in [0.1, 0.15) is 11.8 Å². The fraction of sp³-hybridized carbons (Fsp3) is 0.400. The van der Waals surface area contributed by atoms with Crippen LogP contribution in [0, 0.1) is 11.3 Å². The zero-order chi connectivity index (χ0) is 13.9. The molecule has 0 amide bonds. The van der Waals surface area contributed by atoms with Crippen molar-refractivity contribution in [1.82, 2.24) is 5.32 Å². The van der Waals surface area contributed by atoms with Gasteiger partial charge in [-0.3, -0.25) is 0 Å². The summed E-state index contributed by atoms with van der Waals surface area (Å²) in [6.45, 7) is 6.52. The topological polar surface area (TPSA) is 54.3 Å². The monoisotopic (exact) mass is 260 g/mol. The molecule has 0 saturated heterocycles. The van der Waals surface area contributed by atoms with Crippen molar-refractivity contribution in [2.24, 2.45) is 0 Å². The number of nitriles is 1. The molecule has 102 valence electrons. The summed E-state index contributed by atoms with van der Waals surface area (Å²) in [6, 6.07) is 7.73. The Bertz CT molecular complexity index is 438. The zero-order valence-corrected chi connectivity index (χ0v) is 11.3. The molecule has 1 aromatic carbocycles. The number of nitrogens with one attached hydrogen (secondary N) is 1. The highest BCUT2D eigenvalue weighted by Gasteiger charge is 2.03. The van der Waals surface area contributed by atoms with Crippen LogP contribution in [0.1, 0.15) is 17.5 Å². The van der Waals surface area contributed by atoms with E-state index in [4.69, 9.17) is 14.7 Å². The van der Waals surface area contributed by atoms with Crippen molar-refractivity contribution in [2.75, 3.05) is 26.9 Å². The summed E-state index contributed by atoms with van der Waals surface area (Å²) in [6.07, 6.45) is 2.72. The van der Waals surface area contributed by atoms with E-state index in [-0.39, 0.29) is 0 Å². The zero-order valence-electron chi connectivity index (χ0n) is 11.3. The van der Waals surface area contributed by atoms with Gasteiger partial charge in [0, 0.05) is 13.1 Å². The Hall–Kier alpha value is -1.83. The lowest BCUT2D eigenvalue weighted by Gasteiger charge is -2.08. The summed E-state index contributed by atoms with van der Waals surface area (Å²) in [7, 11) is 1.56. The molecule has 0 aromatic heterocycles. The van der Waals surface area contributed by atoms with Gasteiger partial charge in [-0.2, -0.15) is 5.26 Å². The lowest BCUT2D eigenvalue weighted by molar-refractivity contribution is 0.140. The van der Waals surface area contributed by atoms with Crippen LogP contribution in [0.25, 0.3) is 0 Å². The molecule has 0 atom stereocenters. The van der Waals surface area contributed by atoms with Gasteiger partial charge < -0.3 is 14.8 Å². The van der Waals surface area contributed by atoms with E-state index in [1.54, 1.807) is 7.11 Å². The molecular weight excluding hydrogens is 240 g/mol. The average Bonchev–Trinajstić information content (AvgIpc) is 2.46. The molecule has 1 rings (SSSR count). The van der Waals surface area contributed by atoms with Gasteiger partial charge in [0.15, 0.2) is 0 Å². The molecule has 0 aliphatic heterocycles. The fourth-order valence-electron chi connectivity index (χ4n) is 1.60. The van der Waals surface area contributed by atoms with Crippen molar-refractivity contribution in [2.45, 2.75) is 13.0 Å². The smallest absolute Gasteiger partial charge is 0.136 e. The minimum atomic E-state index is 0.559. The first-order chi connectivity index (χ1) is 9.31. The van der Waals surface area contributed by atoms with Crippen LogP contribution < -0.4 is 10.1 Å². The normalized spacial score (nSPS) is 9.89. The molecule has 0 bridgehead atoms. The number of hydrogen-bond acceptors (Lipinski definition) is 4. The number of methoxy groups -OCH3 is 1. The Kier molecular flexibility index (Phi) is 7.33. The van der Waals surface area contributed by atoms with Crippen molar-refractivity contribution in [3.63, 3.8) is 0 Å². The highest BCUT2D eigenvalue weighted by Crippen LogP contribution is 2.18. The molecule has 0 fully saturated rings. The number of hydrogen-bond donors (Lipinski definition) is 1. The molecule has 1 aromatic rings. The van der Waals surface area contributed by atoms with Gasteiger partial charge in [0.25, 0.3) is 0 Å². The minimum Gasteiger partial charge on any atom is -0.495 e. The van der Waals surface area contributed by atoms with Crippen molar-refractivity contribution < 1.29 is 9.47 Å². The fourth-order valence-corrected chi connectivity index (χ4v) is 1.60. The molecule has 0 radical (unpaired) electrons. The maximum absolute atomic E-state index is 8.99. The SMILES string of the molecule is C=CCCOCCNCc1ccc(OC)c(C#N)c1. The second kappa shape index (κ2) is 9.15. The number of ether oxygens (including phenoxy) is 2. The molecule has 0 aliphatic rings. The molecule has 0 spiro atoms. The molecule has 1 N–H and O–H groups in total. The van der Waals surface area contributed by atoms with Gasteiger partial charge in [0.05, 0.1) is 25.9 Å². The summed E-state index contributed by atoms with van der Waals surface area (Å²) in [4.78, 5) is 0. The predicted molar refractivity (Wildman–Crippen MR) is 75.0 cm³/mol. The van der Waals surface area contributed by atoms with Crippen LogP contribution >= 0.6 is 0 Å². The van der Waals surface area contributed by atoms with Gasteiger partial charge in [0.2, 0.25) is 0 Å². The van der Waals surface area contributed by atoms with Gasteiger partial charge >= 0.3 is 0 Å². The van der Waals surface area contributed by atoms with Crippen LogP contribution in [0.2, 0.25) is 0 Å². The summed E-state index contributed by atoms with van der Waals surface area (Å²) in [5, 5.41) is 12.3. The standard InChI is InChI=1S/C15H20N2O2/c1-3-4-8-19-9-7-17-12-13-5-6-15(18-2)14(10-13)11-16/h3,5-6,10,17H,1,4,7-9,12H2,2H3. The van der Waals surface area contributed by atoms with Crippen molar-refractivity contribution >= 4 is 0 Å². The van der Waals surface area contributed by atoms with Crippen LogP contribution in [0.4, 0.5) is 0 Å². The van der Waals surface area contributed by atoms with Crippen LogP contribution in [-0.4, -0.2) is 26.9 Å². The summed E-state index contributed by atoms with van der Waals surface area (Å²) < 4.78 is 10.5. The van der Waals surface area contributed by atoms with Crippen molar-refractivity contribution in [3.05, 3.63) is 42.0 Å². The molecular formula is C15H20N2O2. The first kappa shape index (κ1) is 15.2.